The van der Waals surface area contributed by atoms with E-state index in [2.05, 4.69) is 10.2 Å². The SMILES string of the molecule is O=C1O[PH]2(NC3CCCCC3N2)OC1=O. The summed E-state index contributed by atoms with van der Waals surface area (Å²) in [5.41, 5.74) is 0. The summed E-state index contributed by atoms with van der Waals surface area (Å²) in [6.45, 7) is 0. The Morgan fingerprint density at radius 2 is 1.47 bits per heavy atom. The molecule has 0 aromatic rings. The van der Waals surface area contributed by atoms with Crippen molar-refractivity contribution in [3.63, 3.8) is 0 Å². The molecule has 0 radical (unpaired) electrons. The molecule has 0 aromatic carbocycles. The van der Waals surface area contributed by atoms with E-state index in [1.54, 1.807) is 0 Å². The quantitative estimate of drug-likeness (QED) is 0.452. The summed E-state index contributed by atoms with van der Waals surface area (Å²) in [5, 5.41) is 6.34. The Bertz CT molecular complexity index is 303. The molecular weight excluding hydrogens is 219 g/mol. The summed E-state index contributed by atoms with van der Waals surface area (Å²) < 4.78 is 10.0. The molecular formula is C8H13N2O4P. The first-order valence-electron chi connectivity index (χ1n) is 5.20. The van der Waals surface area contributed by atoms with Crippen LogP contribution in [0.25, 0.3) is 0 Å². The summed E-state index contributed by atoms with van der Waals surface area (Å²) in [6, 6.07) is 0.563. The number of carbonyl (C=O) groups is 2. The second-order valence-electron chi connectivity index (χ2n) is 4.18. The molecule has 2 N–H and O–H groups in total. The Kier molecular flexibility index (Phi) is 1.99. The van der Waals surface area contributed by atoms with E-state index in [1.807, 2.05) is 0 Å². The van der Waals surface area contributed by atoms with Gasteiger partial charge in [0.15, 0.2) is 0 Å². The number of nitrogens with one attached hydrogen (secondary N) is 2. The first-order valence-corrected chi connectivity index (χ1v) is 7.02. The zero-order valence-corrected chi connectivity index (χ0v) is 9.12. The van der Waals surface area contributed by atoms with Gasteiger partial charge in [-0.15, -0.1) is 0 Å². The van der Waals surface area contributed by atoms with Gasteiger partial charge in [0, 0.05) is 0 Å². The van der Waals surface area contributed by atoms with E-state index in [0.717, 1.165) is 12.8 Å². The molecule has 0 amide bonds. The normalized spacial score (nSPS) is 39.7. The van der Waals surface area contributed by atoms with Crippen molar-refractivity contribution in [1.29, 1.82) is 0 Å². The van der Waals surface area contributed by atoms with Crippen LogP contribution < -0.4 is 10.2 Å². The van der Waals surface area contributed by atoms with Gasteiger partial charge in [-0.05, 0) is 0 Å². The van der Waals surface area contributed by atoms with E-state index in [-0.39, 0.29) is 12.1 Å². The molecule has 7 heteroatoms. The van der Waals surface area contributed by atoms with Crippen molar-refractivity contribution in [3.8, 4) is 0 Å². The molecule has 2 saturated heterocycles. The Morgan fingerprint density at radius 3 is 1.93 bits per heavy atom. The van der Waals surface area contributed by atoms with Crippen molar-refractivity contribution >= 4 is 20.0 Å². The molecule has 1 spiro atoms. The van der Waals surface area contributed by atoms with Gasteiger partial charge < -0.3 is 0 Å². The van der Waals surface area contributed by atoms with Crippen LogP contribution in [0.15, 0.2) is 0 Å². The molecule has 2 heterocycles. The third kappa shape index (κ3) is 1.44. The van der Waals surface area contributed by atoms with Crippen molar-refractivity contribution < 1.29 is 18.6 Å². The van der Waals surface area contributed by atoms with Crippen molar-refractivity contribution in [3.05, 3.63) is 0 Å². The first-order chi connectivity index (χ1) is 7.19. The molecule has 15 heavy (non-hydrogen) atoms. The van der Waals surface area contributed by atoms with Crippen LogP contribution in [-0.4, -0.2) is 24.0 Å². The van der Waals surface area contributed by atoms with Gasteiger partial charge in [0.05, 0.1) is 0 Å². The molecule has 1 saturated carbocycles. The Morgan fingerprint density at radius 1 is 1.00 bits per heavy atom. The summed E-state index contributed by atoms with van der Waals surface area (Å²) in [4.78, 5) is 22.0. The van der Waals surface area contributed by atoms with Gasteiger partial charge >= 0.3 is 86.5 Å². The number of fused-ring (bicyclic) bond motifs is 1. The second-order valence-corrected chi connectivity index (χ2v) is 6.40. The van der Waals surface area contributed by atoms with Gasteiger partial charge in [-0.25, -0.2) is 0 Å². The Hall–Kier alpha value is -0.710. The van der Waals surface area contributed by atoms with Crippen molar-refractivity contribution in [2.75, 3.05) is 0 Å². The molecule has 1 aliphatic carbocycles. The molecule has 2 aliphatic heterocycles. The maximum atomic E-state index is 11.0. The van der Waals surface area contributed by atoms with E-state index >= 15 is 0 Å². The monoisotopic (exact) mass is 232 g/mol. The molecule has 0 aromatic heterocycles. The Labute approximate surface area is 87.3 Å². The zero-order chi connectivity index (χ0) is 10.5. The summed E-state index contributed by atoms with van der Waals surface area (Å²) in [7, 11) is -2.92. The third-order valence-corrected chi connectivity index (χ3v) is 5.60. The van der Waals surface area contributed by atoms with Crippen LogP contribution in [0, 0.1) is 0 Å². The average Bonchev–Trinajstić information content (AvgIpc) is 2.66. The van der Waals surface area contributed by atoms with Gasteiger partial charge in [-0.1, -0.05) is 0 Å². The van der Waals surface area contributed by atoms with E-state index in [4.69, 9.17) is 9.05 Å². The van der Waals surface area contributed by atoms with E-state index in [1.165, 1.54) is 12.8 Å². The summed E-state index contributed by atoms with van der Waals surface area (Å²) in [6.07, 6.45) is 4.42. The van der Waals surface area contributed by atoms with Crippen LogP contribution in [0.4, 0.5) is 0 Å². The molecule has 3 fully saturated rings. The molecule has 6 nitrogen and oxygen atoms in total. The van der Waals surface area contributed by atoms with Gasteiger partial charge in [-0.3, -0.25) is 0 Å². The minimum atomic E-state index is -2.92. The summed E-state index contributed by atoms with van der Waals surface area (Å²) >= 11 is 0. The topological polar surface area (TPSA) is 76.7 Å². The molecule has 2 atom stereocenters. The van der Waals surface area contributed by atoms with Gasteiger partial charge in [0.25, 0.3) is 0 Å². The maximum absolute atomic E-state index is 11.0. The van der Waals surface area contributed by atoms with Crippen LogP contribution in [0.2, 0.25) is 0 Å². The number of rotatable bonds is 0. The number of hydrogen-bond acceptors (Lipinski definition) is 6. The van der Waals surface area contributed by atoms with Crippen LogP contribution in [-0.2, 0) is 18.6 Å². The molecule has 3 rings (SSSR count). The zero-order valence-electron chi connectivity index (χ0n) is 8.12. The standard InChI is InChI=1S/C8H13N2O4P/c11-7-8(12)14-15(13-7)9-5-3-1-2-4-6(5)10-15/h5-6,9-10,15H,1-4H2. The van der Waals surface area contributed by atoms with Crippen molar-refractivity contribution in [2.24, 2.45) is 0 Å². The van der Waals surface area contributed by atoms with E-state index in [0.29, 0.717) is 0 Å². The summed E-state index contributed by atoms with van der Waals surface area (Å²) in [5.74, 6) is -1.75. The van der Waals surface area contributed by atoms with Crippen molar-refractivity contribution in [2.45, 2.75) is 37.8 Å². The van der Waals surface area contributed by atoms with E-state index in [9.17, 15) is 9.59 Å². The molecule has 0 bridgehead atoms. The molecule has 2 unspecified atom stereocenters. The Balaban J connectivity index is 1.79. The van der Waals surface area contributed by atoms with Crippen LogP contribution in [0.5, 0.6) is 0 Å². The average molecular weight is 232 g/mol. The number of hydrogen-bond donors (Lipinski definition) is 2. The molecule has 84 valence electrons. The second kappa shape index (κ2) is 3.14. The predicted octanol–water partition coefficient (Wildman–Crippen LogP) is 0.000300. The fraction of sp³-hybridized carbons (Fsp3) is 0.750. The van der Waals surface area contributed by atoms with Crippen LogP contribution in [0.1, 0.15) is 25.7 Å². The fourth-order valence-electron chi connectivity index (χ4n) is 2.49. The number of carbonyl (C=O) groups excluding carboxylic acids is 2. The van der Waals surface area contributed by atoms with Gasteiger partial charge in [-0.2, -0.15) is 0 Å². The first kappa shape index (κ1) is 9.51. The van der Waals surface area contributed by atoms with Crippen molar-refractivity contribution in [1.82, 2.24) is 10.2 Å². The van der Waals surface area contributed by atoms with Crippen LogP contribution >= 0.6 is 8.02 Å². The third-order valence-electron chi connectivity index (χ3n) is 3.16. The van der Waals surface area contributed by atoms with E-state index < -0.39 is 20.0 Å². The minimum absolute atomic E-state index is 0.282. The predicted molar refractivity (Wildman–Crippen MR) is 52.8 cm³/mol. The van der Waals surface area contributed by atoms with Gasteiger partial charge in [0.1, 0.15) is 0 Å². The fourth-order valence-corrected chi connectivity index (χ4v) is 5.21. The van der Waals surface area contributed by atoms with Gasteiger partial charge in [0.2, 0.25) is 0 Å². The van der Waals surface area contributed by atoms with Crippen LogP contribution in [0.3, 0.4) is 0 Å². The molecule has 3 aliphatic rings.